The number of alkyl halides is 3. The molecule has 1 aromatic rings. The third-order valence-corrected chi connectivity index (χ3v) is 2.84. The second kappa shape index (κ2) is 5.83. The Bertz CT molecular complexity index is 533. The van der Waals surface area contributed by atoms with E-state index in [-0.39, 0.29) is 11.0 Å². The van der Waals surface area contributed by atoms with Crippen LogP contribution in [0.1, 0.15) is 31.9 Å². The molecular weight excluding hydrogens is 283 g/mol. The van der Waals surface area contributed by atoms with E-state index >= 15 is 0 Å². The molecule has 3 N–H and O–H groups in total. The minimum Gasteiger partial charge on any atom is -0.409 e. The molecule has 0 saturated heterocycles. The van der Waals surface area contributed by atoms with Crippen LogP contribution in [0, 0.1) is 5.41 Å². The maximum absolute atomic E-state index is 12.9. The molecule has 0 aliphatic heterocycles. The van der Waals surface area contributed by atoms with E-state index in [1.54, 1.807) is 7.05 Å². The molecule has 0 atom stereocenters. The van der Waals surface area contributed by atoms with E-state index in [9.17, 15) is 13.2 Å². The van der Waals surface area contributed by atoms with Gasteiger partial charge in [0.25, 0.3) is 0 Å². The molecule has 0 aliphatic carbocycles. The van der Waals surface area contributed by atoms with E-state index in [1.165, 1.54) is 12.1 Å². The number of anilines is 1. The van der Waals surface area contributed by atoms with E-state index in [2.05, 4.69) is 5.16 Å². The zero-order valence-corrected chi connectivity index (χ0v) is 12.5. The van der Waals surface area contributed by atoms with Crippen molar-refractivity contribution in [2.45, 2.75) is 26.9 Å². The Balaban J connectivity index is 3.29. The molecule has 0 aromatic heterocycles. The standard InChI is InChI=1S/C14H20F3N3O/c1-13(2,3)8-20(4)9-5-6-11(14(15,16)17)10(7-9)12(18)19-21/h5-7,21H,8H2,1-4H3,(H2,18,19). The van der Waals surface area contributed by atoms with Crippen LogP contribution < -0.4 is 10.6 Å². The number of oxime groups is 1. The minimum atomic E-state index is -4.56. The maximum atomic E-state index is 12.9. The third-order valence-electron chi connectivity index (χ3n) is 2.84. The first-order valence-corrected chi connectivity index (χ1v) is 6.36. The van der Waals surface area contributed by atoms with Gasteiger partial charge in [0.1, 0.15) is 0 Å². The molecule has 0 saturated carbocycles. The smallest absolute Gasteiger partial charge is 0.409 e. The highest BCUT2D eigenvalue weighted by Crippen LogP contribution is 2.34. The van der Waals surface area contributed by atoms with Crippen molar-refractivity contribution in [3.05, 3.63) is 29.3 Å². The lowest BCUT2D eigenvalue weighted by molar-refractivity contribution is -0.137. The number of nitrogens with two attached hydrogens (primary N) is 1. The number of nitrogens with zero attached hydrogens (tertiary/aromatic N) is 2. The molecule has 0 amide bonds. The lowest BCUT2D eigenvalue weighted by Crippen LogP contribution is -2.29. The Kier molecular flexibility index (Phi) is 4.76. The monoisotopic (exact) mass is 303 g/mol. The number of benzene rings is 1. The highest BCUT2D eigenvalue weighted by molar-refractivity contribution is 5.99. The fourth-order valence-corrected chi connectivity index (χ4v) is 2.09. The second-order valence-corrected chi connectivity index (χ2v) is 6.13. The Morgan fingerprint density at radius 2 is 1.86 bits per heavy atom. The zero-order chi connectivity index (χ0) is 16.4. The Labute approximate surface area is 122 Å². The van der Waals surface area contributed by atoms with E-state index in [4.69, 9.17) is 10.9 Å². The normalized spacial score (nSPS) is 13.4. The predicted octanol–water partition coefficient (Wildman–Crippen LogP) is 3.28. The molecule has 1 aromatic carbocycles. The topological polar surface area (TPSA) is 61.8 Å². The molecule has 7 heteroatoms. The van der Waals surface area contributed by atoms with Gasteiger partial charge in [-0.1, -0.05) is 25.9 Å². The lowest BCUT2D eigenvalue weighted by Gasteiger charge is -2.29. The van der Waals surface area contributed by atoms with Gasteiger partial charge in [-0.25, -0.2) is 0 Å². The minimum absolute atomic E-state index is 0.0196. The van der Waals surface area contributed by atoms with Crippen LogP contribution in [0.3, 0.4) is 0 Å². The van der Waals surface area contributed by atoms with Gasteiger partial charge in [-0.3, -0.25) is 0 Å². The van der Waals surface area contributed by atoms with Crippen LogP contribution in [0.5, 0.6) is 0 Å². The molecular formula is C14H20F3N3O. The first kappa shape index (κ1) is 17.1. The average Bonchev–Trinajstić information content (AvgIpc) is 2.34. The molecule has 0 spiro atoms. The van der Waals surface area contributed by atoms with Crippen molar-refractivity contribution in [3.8, 4) is 0 Å². The molecule has 0 fully saturated rings. The summed E-state index contributed by atoms with van der Waals surface area (Å²) in [5.41, 5.74) is 4.66. The van der Waals surface area contributed by atoms with E-state index in [0.717, 1.165) is 6.07 Å². The Morgan fingerprint density at radius 3 is 2.29 bits per heavy atom. The van der Waals surface area contributed by atoms with Gasteiger partial charge in [-0.15, -0.1) is 0 Å². The van der Waals surface area contributed by atoms with Crippen molar-refractivity contribution >= 4 is 11.5 Å². The average molecular weight is 303 g/mol. The van der Waals surface area contributed by atoms with Crippen LogP contribution in [0.15, 0.2) is 23.4 Å². The molecule has 1 rings (SSSR count). The molecule has 0 unspecified atom stereocenters. The summed E-state index contributed by atoms with van der Waals surface area (Å²) < 4.78 is 38.8. The fourth-order valence-electron chi connectivity index (χ4n) is 2.09. The van der Waals surface area contributed by atoms with Gasteiger partial charge < -0.3 is 15.8 Å². The van der Waals surface area contributed by atoms with E-state index in [0.29, 0.717) is 12.2 Å². The largest absolute Gasteiger partial charge is 0.417 e. The summed E-state index contributed by atoms with van der Waals surface area (Å²) in [4.78, 5) is 1.83. The van der Waals surface area contributed by atoms with Crippen molar-refractivity contribution < 1.29 is 18.4 Å². The summed E-state index contributed by atoms with van der Waals surface area (Å²) in [6, 6.07) is 3.61. The SMILES string of the molecule is CN(CC(C)(C)C)c1ccc(C(F)(F)F)c(/C(N)=N/O)c1. The van der Waals surface area contributed by atoms with Crippen molar-refractivity contribution in [3.63, 3.8) is 0 Å². The predicted molar refractivity (Wildman–Crippen MR) is 76.7 cm³/mol. The van der Waals surface area contributed by atoms with Crippen LogP contribution in [0.4, 0.5) is 18.9 Å². The molecule has 0 aliphatic rings. The molecule has 0 heterocycles. The number of halogens is 3. The van der Waals surface area contributed by atoms with Gasteiger partial charge in [-0.2, -0.15) is 13.2 Å². The van der Waals surface area contributed by atoms with Crippen molar-refractivity contribution in [2.75, 3.05) is 18.5 Å². The number of hydrogen-bond acceptors (Lipinski definition) is 3. The fraction of sp³-hybridized carbons (Fsp3) is 0.500. The first-order chi connectivity index (χ1) is 9.45. The second-order valence-electron chi connectivity index (χ2n) is 6.13. The van der Waals surface area contributed by atoms with Crippen LogP contribution >= 0.6 is 0 Å². The first-order valence-electron chi connectivity index (χ1n) is 6.36. The summed E-state index contributed by atoms with van der Waals surface area (Å²) in [6.45, 7) is 6.72. The van der Waals surface area contributed by atoms with Crippen molar-refractivity contribution in [1.82, 2.24) is 0 Å². The van der Waals surface area contributed by atoms with Gasteiger partial charge in [0, 0.05) is 24.8 Å². The Hall–Kier alpha value is -1.92. The molecule has 0 radical (unpaired) electrons. The number of hydrogen-bond donors (Lipinski definition) is 2. The molecule has 4 nitrogen and oxygen atoms in total. The zero-order valence-electron chi connectivity index (χ0n) is 12.5. The van der Waals surface area contributed by atoms with Gasteiger partial charge in [0.15, 0.2) is 5.84 Å². The van der Waals surface area contributed by atoms with Crippen LogP contribution in [0.2, 0.25) is 0 Å². The lowest BCUT2D eigenvalue weighted by atomic mass is 9.95. The summed E-state index contributed by atoms with van der Waals surface area (Å²) in [6.07, 6.45) is -4.56. The van der Waals surface area contributed by atoms with E-state index < -0.39 is 17.6 Å². The number of amidine groups is 1. The van der Waals surface area contributed by atoms with Crippen LogP contribution in [0.25, 0.3) is 0 Å². The van der Waals surface area contributed by atoms with Crippen molar-refractivity contribution in [1.29, 1.82) is 0 Å². The quantitative estimate of drug-likeness (QED) is 0.390. The number of rotatable bonds is 3. The molecule has 0 bridgehead atoms. The summed E-state index contributed by atoms with van der Waals surface area (Å²) in [7, 11) is 1.78. The van der Waals surface area contributed by atoms with Crippen molar-refractivity contribution in [2.24, 2.45) is 16.3 Å². The highest BCUT2D eigenvalue weighted by Gasteiger charge is 2.34. The van der Waals surface area contributed by atoms with E-state index in [1.807, 2.05) is 25.7 Å². The highest BCUT2D eigenvalue weighted by atomic mass is 19.4. The molecule has 21 heavy (non-hydrogen) atoms. The van der Waals surface area contributed by atoms with Gasteiger partial charge in [-0.05, 0) is 23.6 Å². The van der Waals surface area contributed by atoms with Crippen LogP contribution in [-0.4, -0.2) is 24.6 Å². The maximum Gasteiger partial charge on any atom is 0.417 e. The summed E-state index contributed by atoms with van der Waals surface area (Å²) in [5.74, 6) is -0.562. The third kappa shape index (κ3) is 4.54. The summed E-state index contributed by atoms with van der Waals surface area (Å²) >= 11 is 0. The summed E-state index contributed by atoms with van der Waals surface area (Å²) in [5, 5.41) is 11.4. The van der Waals surface area contributed by atoms with Crippen LogP contribution in [-0.2, 0) is 6.18 Å². The molecule has 118 valence electrons. The Morgan fingerprint density at radius 1 is 1.29 bits per heavy atom. The van der Waals surface area contributed by atoms with Gasteiger partial charge in [0.05, 0.1) is 5.56 Å². The van der Waals surface area contributed by atoms with Gasteiger partial charge >= 0.3 is 6.18 Å². The van der Waals surface area contributed by atoms with Gasteiger partial charge in [0.2, 0.25) is 0 Å².